The van der Waals surface area contributed by atoms with Crippen LogP contribution in [0.5, 0.6) is 5.75 Å². The quantitative estimate of drug-likeness (QED) is 0.780. The number of phenolic OH excluding ortho intramolecular Hbond substituents is 1. The Morgan fingerprint density at radius 3 is 2.69 bits per heavy atom. The zero-order valence-corrected chi connectivity index (χ0v) is 10.0. The third-order valence-electron chi connectivity index (χ3n) is 3.04. The van der Waals surface area contributed by atoms with Gasteiger partial charge in [-0.25, -0.2) is 0 Å². The molecule has 3 nitrogen and oxygen atoms in total. The van der Waals surface area contributed by atoms with E-state index in [0.717, 1.165) is 6.42 Å². The minimum atomic E-state index is -0.00223. The summed E-state index contributed by atoms with van der Waals surface area (Å²) in [6, 6.07) is 4.51. The molecule has 0 heterocycles. The summed E-state index contributed by atoms with van der Waals surface area (Å²) >= 11 is 5.90. The normalized spacial score (nSPS) is 21.6. The van der Waals surface area contributed by atoms with E-state index < -0.39 is 0 Å². The zero-order chi connectivity index (χ0) is 11.9. The number of amides is 1. The maximum atomic E-state index is 11.8. The number of benzene rings is 1. The van der Waals surface area contributed by atoms with Gasteiger partial charge in [-0.15, -0.1) is 0 Å². The van der Waals surface area contributed by atoms with Crippen LogP contribution in [0.4, 0.5) is 5.69 Å². The highest BCUT2D eigenvalue weighted by Crippen LogP contribution is 2.52. The molecule has 1 saturated carbocycles. The molecule has 16 heavy (non-hydrogen) atoms. The van der Waals surface area contributed by atoms with Crippen molar-refractivity contribution >= 4 is 23.2 Å². The van der Waals surface area contributed by atoms with Gasteiger partial charge in [-0.3, -0.25) is 4.79 Å². The first kappa shape index (κ1) is 11.3. The fourth-order valence-corrected chi connectivity index (χ4v) is 1.96. The van der Waals surface area contributed by atoms with E-state index in [9.17, 15) is 9.90 Å². The zero-order valence-electron chi connectivity index (χ0n) is 9.25. The fraction of sp³-hybridized carbons (Fsp3) is 0.417. The standard InChI is InChI=1S/C12H14ClNO2/c1-12(2)6-8(12)11(16)14-10-4-3-7(15)5-9(10)13/h3-5,8,15H,6H2,1-2H3,(H,14,16). The van der Waals surface area contributed by atoms with E-state index in [1.54, 1.807) is 6.07 Å². The Kier molecular flexibility index (Phi) is 2.58. The summed E-state index contributed by atoms with van der Waals surface area (Å²) in [6.07, 6.45) is 0.911. The summed E-state index contributed by atoms with van der Waals surface area (Å²) < 4.78 is 0. The number of carbonyl (C=O) groups is 1. The lowest BCUT2D eigenvalue weighted by molar-refractivity contribution is -0.118. The molecule has 2 rings (SSSR count). The predicted molar refractivity (Wildman–Crippen MR) is 63.6 cm³/mol. The number of carbonyl (C=O) groups excluding carboxylic acids is 1. The fourth-order valence-electron chi connectivity index (χ4n) is 1.74. The van der Waals surface area contributed by atoms with Crippen molar-refractivity contribution in [2.24, 2.45) is 11.3 Å². The van der Waals surface area contributed by atoms with Crippen LogP contribution in [0.3, 0.4) is 0 Å². The van der Waals surface area contributed by atoms with Gasteiger partial charge in [0.05, 0.1) is 10.7 Å². The van der Waals surface area contributed by atoms with Crippen molar-refractivity contribution in [3.8, 4) is 5.75 Å². The number of halogens is 1. The molecule has 0 spiro atoms. The van der Waals surface area contributed by atoms with Crippen LogP contribution in [0.15, 0.2) is 18.2 Å². The molecule has 1 unspecified atom stereocenters. The second kappa shape index (κ2) is 3.67. The molecule has 1 aliphatic carbocycles. The van der Waals surface area contributed by atoms with Crippen LogP contribution in [-0.2, 0) is 4.79 Å². The lowest BCUT2D eigenvalue weighted by Crippen LogP contribution is -2.16. The summed E-state index contributed by atoms with van der Waals surface area (Å²) in [6.45, 7) is 4.13. The average molecular weight is 240 g/mol. The van der Waals surface area contributed by atoms with Crippen LogP contribution in [0, 0.1) is 11.3 Å². The Labute approximate surface area is 99.4 Å². The molecule has 1 atom stereocenters. The maximum Gasteiger partial charge on any atom is 0.228 e. The van der Waals surface area contributed by atoms with E-state index in [1.807, 2.05) is 0 Å². The number of nitrogens with one attached hydrogen (secondary N) is 1. The highest BCUT2D eigenvalue weighted by molar-refractivity contribution is 6.33. The molecular formula is C12H14ClNO2. The van der Waals surface area contributed by atoms with Gasteiger partial charge in [-0.1, -0.05) is 25.4 Å². The van der Waals surface area contributed by atoms with Crippen molar-refractivity contribution in [1.82, 2.24) is 0 Å². The highest BCUT2D eigenvalue weighted by Gasteiger charge is 2.50. The average Bonchev–Trinajstić information content (AvgIpc) is 2.80. The monoisotopic (exact) mass is 239 g/mol. The number of anilines is 1. The van der Waals surface area contributed by atoms with Crippen molar-refractivity contribution in [1.29, 1.82) is 0 Å². The van der Waals surface area contributed by atoms with Gasteiger partial charge in [0.15, 0.2) is 0 Å². The molecular weight excluding hydrogens is 226 g/mol. The number of aromatic hydroxyl groups is 1. The van der Waals surface area contributed by atoms with Gasteiger partial charge in [0, 0.05) is 12.0 Å². The molecule has 1 fully saturated rings. The molecule has 0 saturated heterocycles. The summed E-state index contributed by atoms with van der Waals surface area (Å²) in [5.74, 6) is 0.157. The SMILES string of the molecule is CC1(C)CC1C(=O)Nc1ccc(O)cc1Cl. The predicted octanol–water partition coefficient (Wildman–Crippen LogP) is 3.03. The third kappa shape index (κ3) is 2.14. The van der Waals surface area contributed by atoms with Crippen LogP contribution in [-0.4, -0.2) is 11.0 Å². The number of hydrogen-bond donors (Lipinski definition) is 2. The highest BCUT2D eigenvalue weighted by atomic mass is 35.5. The second-order valence-corrected chi connectivity index (χ2v) is 5.31. The molecule has 0 aliphatic heterocycles. The van der Waals surface area contributed by atoms with E-state index in [4.69, 9.17) is 11.6 Å². The number of rotatable bonds is 2. The van der Waals surface area contributed by atoms with Gasteiger partial charge in [-0.2, -0.15) is 0 Å². The van der Waals surface area contributed by atoms with E-state index in [-0.39, 0.29) is 23.0 Å². The Bertz CT molecular complexity index is 443. The maximum absolute atomic E-state index is 11.8. The molecule has 1 aliphatic rings. The Hall–Kier alpha value is -1.22. The molecule has 1 aromatic rings. The summed E-state index contributed by atoms with van der Waals surface area (Å²) in [5.41, 5.74) is 0.653. The van der Waals surface area contributed by atoms with Crippen molar-refractivity contribution in [3.63, 3.8) is 0 Å². The molecule has 4 heteroatoms. The minimum Gasteiger partial charge on any atom is -0.508 e. The number of hydrogen-bond acceptors (Lipinski definition) is 2. The van der Waals surface area contributed by atoms with Crippen LogP contribution < -0.4 is 5.32 Å². The molecule has 0 aromatic heterocycles. The molecule has 1 aromatic carbocycles. The molecule has 0 bridgehead atoms. The van der Waals surface area contributed by atoms with Crippen molar-refractivity contribution in [3.05, 3.63) is 23.2 Å². The molecule has 0 radical (unpaired) electrons. The van der Waals surface area contributed by atoms with Crippen molar-refractivity contribution in [2.45, 2.75) is 20.3 Å². The van der Waals surface area contributed by atoms with E-state index in [1.165, 1.54) is 12.1 Å². The number of phenols is 1. The van der Waals surface area contributed by atoms with Crippen LogP contribution in [0.1, 0.15) is 20.3 Å². The van der Waals surface area contributed by atoms with Gasteiger partial charge in [0.1, 0.15) is 5.75 Å². The van der Waals surface area contributed by atoms with E-state index >= 15 is 0 Å². The largest absolute Gasteiger partial charge is 0.508 e. The first-order valence-electron chi connectivity index (χ1n) is 5.19. The topological polar surface area (TPSA) is 49.3 Å². The Balaban J connectivity index is 2.07. The first-order valence-corrected chi connectivity index (χ1v) is 5.57. The summed E-state index contributed by atoms with van der Waals surface area (Å²) in [7, 11) is 0. The molecule has 86 valence electrons. The molecule has 2 N–H and O–H groups in total. The smallest absolute Gasteiger partial charge is 0.228 e. The Morgan fingerprint density at radius 1 is 1.56 bits per heavy atom. The van der Waals surface area contributed by atoms with Crippen LogP contribution in [0.25, 0.3) is 0 Å². The van der Waals surface area contributed by atoms with Gasteiger partial charge in [0.25, 0.3) is 0 Å². The first-order chi connectivity index (χ1) is 7.40. The lowest BCUT2D eigenvalue weighted by atomic mass is 10.1. The molecule has 1 amide bonds. The van der Waals surface area contributed by atoms with Crippen LogP contribution in [0.2, 0.25) is 5.02 Å². The van der Waals surface area contributed by atoms with Crippen molar-refractivity contribution < 1.29 is 9.90 Å². The van der Waals surface area contributed by atoms with Gasteiger partial charge in [0.2, 0.25) is 5.91 Å². The lowest BCUT2D eigenvalue weighted by Gasteiger charge is -2.08. The third-order valence-corrected chi connectivity index (χ3v) is 3.35. The van der Waals surface area contributed by atoms with Crippen molar-refractivity contribution in [2.75, 3.05) is 5.32 Å². The van der Waals surface area contributed by atoms with Crippen LogP contribution >= 0.6 is 11.6 Å². The van der Waals surface area contributed by atoms with Gasteiger partial charge < -0.3 is 10.4 Å². The summed E-state index contributed by atoms with van der Waals surface area (Å²) in [5, 5.41) is 12.3. The van der Waals surface area contributed by atoms with Gasteiger partial charge >= 0.3 is 0 Å². The second-order valence-electron chi connectivity index (χ2n) is 4.90. The Morgan fingerprint density at radius 2 is 2.19 bits per heavy atom. The van der Waals surface area contributed by atoms with E-state index in [2.05, 4.69) is 19.2 Å². The van der Waals surface area contributed by atoms with Gasteiger partial charge in [-0.05, 0) is 24.0 Å². The van der Waals surface area contributed by atoms with E-state index in [0.29, 0.717) is 10.7 Å². The minimum absolute atomic E-state index is 0.00223. The summed E-state index contributed by atoms with van der Waals surface area (Å²) in [4.78, 5) is 11.8.